The molecule has 0 saturated carbocycles. The molecule has 0 aliphatic heterocycles. The van der Waals surface area contributed by atoms with Crippen LogP contribution in [0.2, 0.25) is 0 Å². The monoisotopic (exact) mass is 410 g/mol. The van der Waals surface area contributed by atoms with Gasteiger partial charge >= 0.3 is 5.97 Å². The number of carbonyl (C=O) groups excluding carboxylic acids is 1. The van der Waals surface area contributed by atoms with E-state index in [1.807, 2.05) is 0 Å². The number of halogens is 2. The van der Waals surface area contributed by atoms with Gasteiger partial charge in [0.05, 0.1) is 25.8 Å². The minimum Gasteiger partial charge on any atom is -0.493 e. The molecule has 0 heterocycles. The Balaban J connectivity index is 2.19. The summed E-state index contributed by atoms with van der Waals surface area (Å²) in [6, 6.07) is 7.17. The third-order valence-corrected chi connectivity index (χ3v) is 3.82. The zero-order chi connectivity index (χ0) is 18.4. The lowest BCUT2D eigenvalue weighted by molar-refractivity contribution is -0.128. The Morgan fingerprint density at radius 2 is 1.64 bits per heavy atom. The number of carbonyl (C=O) groups is 1. The summed E-state index contributed by atoms with van der Waals surface area (Å²) >= 11 is 3.14. The van der Waals surface area contributed by atoms with Crippen LogP contribution in [0.4, 0.5) is 4.39 Å². The predicted molar refractivity (Wildman–Crippen MR) is 94.9 cm³/mol. The molecule has 0 bridgehead atoms. The lowest BCUT2D eigenvalue weighted by Crippen LogP contribution is -2.04. The third kappa shape index (κ3) is 4.73. The number of hydrogen-bond acceptors (Lipinski definition) is 5. The highest BCUT2D eigenvalue weighted by atomic mass is 79.9. The summed E-state index contributed by atoms with van der Waals surface area (Å²) in [5, 5.41) is 0. The number of benzene rings is 2. The first-order valence-corrected chi connectivity index (χ1v) is 7.92. The van der Waals surface area contributed by atoms with Gasteiger partial charge in [-0.25, -0.2) is 9.18 Å². The van der Waals surface area contributed by atoms with Crippen molar-refractivity contribution in [3.05, 3.63) is 52.3 Å². The summed E-state index contributed by atoms with van der Waals surface area (Å²) in [5.41, 5.74) is 0.657. The molecule has 0 aliphatic rings. The Hall–Kier alpha value is -2.54. The number of hydrogen-bond donors (Lipinski definition) is 0. The van der Waals surface area contributed by atoms with E-state index in [-0.39, 0.29) is 5.75 Å². The zero-order valence-electron chi connectivity index (χ0n) is 13.8. The Morgan fingerprint density at radius 1 is 1.00 bits per heavy atom. The molecule has 0 aromatic heterocycles. The van der Waals surface area contributed by atoms with E-state index in [0.29, 0.717) is 27.3 Å². The van der Waals surface area contributed by atoms with Crippen LogP contribution in [0.3, 0.4) is 0 Å². The van der Waals surface area contributed by atoms with E-state index in [1.54, 1.807) is 18.2 Å². The highest BCUT2D eigenvalue weighted by Gasteiger charge is 2.12. The fourth-order valence-corrected chi connectivity index (χ4v) is 2.49. The van der Waals surface area contributed by atoms with Gasteiger partial charge in [-0.1, -0.05) is 0 Å². The molecule has 0 atom stereocenters. The molecule has 7 heteroatoms. The number of methoxy groups -OCH3 is 3. The molecule has 5 nitrogen and oxygen atoms in total. The van der Waals surface area contributed by atoms with Crippen molar-refractivity contribution in [2.45, 2.75) is 0 Å². The molecule has 132 valence electrons. The van der Waals surface area contributed by atoms with Crippen molar-refractivity contribution < 1.29 is 28.1 Å². The van der Waals surface area contributed by atoms with E-state index in [9.17, 15) is 9.18 Å². The van der Waals surface area contributed by atoms with Crippen molar-refractivity contribution in [2.24, 2.45) is 0 Å². The summed E-state index contributed by atoms with van der Waals surface area (Å²) < 4.78 is 34.3. The second kappa shape index (κ2) is 8.53. The van der Waals surface area contributed by atoms with E-state index >= 15 is 0 Å². The fraction of sp³-hybridized carbons (Fsp3) is 0.167. The molecule has 25 heavy (non-hydrogen) atoms. The van der Waals surface area contributed by atoms with Gasteiger partial charge < -0.3 is 18.9 Å². The molecular weight excluding hydrogens is 395 g/mol. The maximum atomic E-state index is 13.0. The first-order chi connectivity index (χ1) is 12.0. The summed E-state index contributed by atoms with van der Waals surface area (Å²) in [6.45, 7) is 0. The highest BCUT2D eigenvalue weighted by molar-refractivity contribution is 9.10. The number of rotatable bonds is 6. The first-order valence-electron chi connectivity index (χ1n) is 7.13. The normalized spacial score (nSPS) is 10.6. The Labute approximate surface area is 153 Å². The van der Waals surface area contributed by atoms with Gasteiger partial charge in [0, 0.05) is 6.08 Å². The molecule has 0 unspecified atom stereocenters. The van der Waals surface area contributed by atoms with Crippen LogP contribution in [0.25, 0.3) is 6.08 Å². The van der Waals surface area contributed by atoms with Crippen LogP contribution >= 0.6 is 15.9 Å². The average molecular weight is 411 g/mol. The Kier molecular flexibility index (Phi) is 6.41. The van der Waals surface area contributed by atoms with Gasteiger partial charge in [-0.2, -0.15) is 0 Å². The van der Waals surface area contributed by atoms with Crippen LogP contribution < -0.4 is 18.9 Å². The van der Waals surface area contributed by atoms with Crippen molar-refractivity contribution >= 4 is 28.0 Å². The first kappa shape index (κ1) is 18.8. The Morgan fingerprint density at radius 3 is 2.16 bits per heavy atom. The topological polar surface area (TPSA) is 54.0 Å². The Bertz CT molecular complexity index is 779. The van der Waals surface area contributed by atoms with Crippen LogP contribution in [-0.4, -0.2) is 27.3 Å². The van der Waals surface area contributed by atoms with Crippen LogP contribution in [0.5, 0.6) is 23.0 Å². The average Bonchev–Trinajstić information content (AvgIpc) is 2.61. The van der Waals surface area contributed by atoms with Crippen molar-refractivity contribution in [3.63, 3.8) is 0 Å². The third-order valence-electron chi connectivity index (χ3n) is 3.20. The maximum Gasteiger partial charge on any atom is 0.336 e. The molecule has 0 radical (unpaired) electrons. The van der Waals surface area contributed by atoms with Crippen LogP contribution in [0, 0.1) is 5.82 Å². The minimum atomic E-state index is -0.610. The molecule has 0 amide bonds. The van der Waals surface area contributed by atoms with Gasteiger partial charge in [0.1, 0.15) is 11.6 Å². The molecule has 2 rings (SSSR count). The SMILES string of the molecule is COc1cc(/C=C/C(=O)Oc2ccc(F)cc2Br)cc(OC)c1OC. The lowest BCUT2D eigenvalue weighted by atomic mass is 10.1. The van der Waals surface area contributed by atoms with Gasteiger partial charge in [0.2, 0.25) is 5.75 Å². The molecule has 2 aromatic rings. The van der Waals surface area contributed by atoms with Gasteiger partial charge in [-0.05, 0) is 57.9 Å². The predicted octanol–water partition coefficient (Wildman–Crippen LogP) is 4.23. The van der Waals surface area contributed by atoms with Crippen LogP contribution in [-0.2, 0) is 4.79 Å². The largest absolute Gasteiger partial charge is 0.493 e. The summed E-state index contributed by atoms with van der Waals surface area (Å²) in [7, 11) is 4.52. The van der Waals surface area contributed by atoms with E-state index in [4.69, 9.17) is 18.9 Å². The molecule has 0 saturated heterocycles. The van der Waals surface area contributed by atoms with Crippen molar-refractivity contribution in [1.29, 1.82) is 0 Å². The minimum absolute atomic E-state index is 0.223. The zero-order valence-corrected chi connectivity index (χ0v) is 15.4. The molecule has 0 N–H and O–H groups in total. The van der Waals surface area contributed by atoms with Crippen LogP contribution in [0.15, 0.2) is 40.9 Å². The van der Waals surface area contributed by atoms with Gasteiger partial charge in [0.15, 0.2) is 11.5 Å². The maximum absolute atomic E-state index is 13.0. The molecular formula is C18H16BrFO5. The molecule has 0 aliphatic carbocycles. The molecule has 2 aromatic carbocycles. The second-order valence-electron chi connectivity index (χ2n) is 4.79. The van der Waals surface area contributed by atoms with Crippen molar-refractivity contribution in [1.82, 2.24) is 0 Å². The van der Waals surface area contributed by atoms with E-state index < -0.39 is 11.8 Å². The van der Waals surface area contributed by atoms with Gasteiger partial charge in [-0.15, -0.1) is 0 Å². The second-order valence-corrected chi connectivity index (χ2v) is 5.64. The van der Waals surface area contributed by atoms with Crippen molar-refractivity contribution in [2.75, 3.05) is 21.3 Å². The quantitative estimate of drug-likeness (QED) is 0.405. The number of ether oxygens (including phenoxy) is 4. The van der Waals surface area contributed by atoms with Gasteiger partial charge in [0.25, 0.3) is 0 Å². The molecule has 0 fully saturated rings. The summed E-state index contributed by atoms with van der Waals surface area (Å²) in [4.78, 5) is 11.9. The smallest absolute Gasteiger partial charge is 0.336 e. The summed E-state index contributed by atoms with van der Waals surface area (Å²) in [5.74, 6) is 0.578. The van der Waals surface area contributed by atoms with Crippen molar-refractivity contribution in [3.8, 4) is 23.0 Å². The van der Waals surface area contributed by atoms with E-state index in [2.05, 4.69) is 15.9 Å². The highest BCUT2D eigenvalue weighted by Crippen LogP contribution is 2.38. The van der Waals surface area contributed by atoms with Gasteiger partial charge in [-0.3, -0.25) is 0 Å². The van der Waals surface area contributed by atoms with E-state index in [1.165, 1.54) is 45.6 Å². The lowest BCUT2D eigenvalue weighted by Gasteiger charge is -2.12. The number of esters is 1. The fourth-order valence-electron chi connectivity index (χ4n) is 2.06. The van der Waals surface area contributed by atoms with E-state index in [0.717, 1.165) is 0 Å². The van der Waals surface area contributed by atoms with Crippen LogP contribution in [0.1, 0.15) is 5.56 Å². The summed E-state index contributed by atoms with van der Waals surface area (Å²) in [6.07, 6.45) is 2.79. The molecule has 0 spiro atoms. The standard InChI is InChI=1S/C18H16BrFO5/c1-22-15-8-11(9-16(23-2)18(15)24-3)4-7-17(21)25-14-6-5-12(20)10-13(14)19/h4-10H,1-3H3/b7-4+.